The third kappa shape index (κ3) is 1.42. The Morgan fingerprint density at radius 3 is 2.85 bits per heavy atom. The van der Waals surface area contributed by atoms with E-state index in [1.165, 1.54) is 0 Å². The molecule has 13 heavy (non-hydrogen) atoms. The van der Waals surface area contributed by atoms with E-state index in [1.807, 2.05) is 0 Å². The lowest BCUT2D eigenvalue weighted by molar-refractivity contribution is 0.571. The van der Waals surface area contributed by atoms with Crippen molar-refractivity contribution in [2.75, 3.05) is 0 Å². The molecule has 0 radical (unpaired) electrons. The van der Waals surface area contributed by atoms with Crippen LogP contribution in [0.3, 0.4) is 0 Å². The molecule has 0 amide bonds. The lowest BCUT2D eigenvalue weighted by atomic mass is 10.3. The maximum Gasteiger partial charge on any atom is 0.217 e. The number of aryl methyl sites for hydroxylation is 1. The molecule has 0 aliphatic rings. The largest absolute Gasteiger partial charge is 0.290 e. The second-order valence-corrected chi connectivity index (χ2v) is 2.75. The van der Waals surface area contributed by atoms with E-state index in [-0.39, 0.29) is 0 Å². The van der Waals surface area contributed by atoms with Gasteiger partial charge in [-0.05, 0) is 13.0 Å². The van der Waals surface area contributed by atoms with Crippen LogP contribution in [0.2, 0.25) is 0 Å². The molecule has 2 aromatic heterocycles. The maximum absolute atomic E-state index is 13.0. The van der Waals surface area contributed by atoms with Crippen molar-refractivity contribution >= 4 is 0 Å². The van der Waals surface area contributed by atoms with Gasteiger partial charge in [0.05, 0.1) is 0 Å². The number of imidazole rings is 1. The van der Waals surface area contributed by atoms with Crippen molar-refractivity contribution in [1.82, 2.24) is 14.5 Å². The fraction of sp³-hybridized carbons (Fsp3) is 0.111. The van der Waals surface area contributed by atoms with E-state index in [0.717, 1.165) is 0 Å². The van der Waals surface area contributed by atoms with E-state index in [4.69, 9.17) is 0 Å². The van der Waals surface area contributed by atoms with E-state index in [9.17, 15) is 4.39 Å². The van der Waals surface area contributed by atoms with Crippen LogP contribution < -0.4 is 0 Å². The van der Waals surface area contributed by atoms with Crippen LogP contribution >= 0.6 is 0 Å². The van der Waals surface area contributed by atoms with Crippen LogP contribution in [0, 0.1) is 12.9 Å². The van der Waals surface area contributed by atoms with Crippen LogP contribution in [0.25, 0.3) is 5.82 Å². The molecule has 2 aromatic rings. The van der Waals surface area contributed by atoms with E-state index >= 15 is 0 Å². The quantitative estimate of drug-likeness (QED) is 0.621. The van der Waals surface area contributed by atoms with E-state index in [0.29, 0.717) is 11.4 Å². The molecule has 66 valence electrons. The summed E-state index contributed by atoms with van der Waals surface area (Å²) in [5.74, 6) is 0.104. The Bertz CT molecular complexity index is 409. The molecule has 3 nitrogen and oxygen atoms in total. The number of aromatic nitrogens is 3. The molecule has 0 aliphatic heterocycles. The van der Waals surface area contributed by atoms with E-state index in [2.05, 4.69) is 9.97 Å². The minimum atomic E-state index is -0.439. The highest BCUT2D eigenvalue weighted by molar-refractivity contribution is 5.25. The first-order valence-electron chi connectivity index (χ1n) is 3.89. The van der Waals surface area contributed by atoms with Gasteiger partial charge >= 0.3 is 0 Å². The summed E-state index contributed by atoms with van der Waals surface area (Å²) < 4.78 is 14.7. The van der Waals surface area contributed by atoms with Gasteiger partial charge in [-0.25, -0.2) is 9.97 Å². The summed E-state index contributed by atoms with van der Waals surface area (Å²) in [6, 6.07) is 3.44. The topological polar surface area (TPSA) is 30.7 Å². The molecule has 0 saturated heterocycles. The minimum absolute atomic E-state index is 0.439. The predicted molar refractivity (Wildman–Crippen MR) is 46.1 cm³/mol. The smallest absolute Gasteiger partial charge is 0.217 e. The Kier molecular flexibility index (Phi) is 1.81. The molecular weight excluding hydrogens is 169 g/mol. The highest BCUT2D eigenvalue weighted by Gasteiger charge is 2.01. The molecule has 0 saturated carbocycles. The molecule has 0 unspecified atom stereocenters. The molecule has 0 aromatic carbocycles. The van der Waals surface area contributed by atoms with E-state index in [1.54, 1.807) is 42.3 Å². The molecule has 0 fully saturated rings. The van der Waals surface area contributed by atoms with Crippen LogP contribution in [-0.2, 0) is 0 Å². The normalized spacial score (nSPS) is 10.3. The Labute approximate surface area is 74.9 Å². The van der Waals surface area contributed by atoms with Crippen LogP contribution in [0.5, 0.6) is 0 Å². The van der Waals surface area contributed by atoms with Crippen molar-refractivity contribution < 1.29 is 4.39 Å². The molecule has 0 atom stereocenters. The van der Waals surface area contributed by atoms with Crippen molar-refractivity contribution in [2.45, 2.75) is 6.92 Å². The van der Waals surface area contributed by atoms with Crippen LogP contribution in [0.15, 0.2) is 30.9 Å². The number of hydrogen-bond donors (Lipinski definition) is 0. The van der Waals surface area contributed by atoms with Gasteiger partial charge in [-0.15, -0.1) is 0 Å². The zero-order valence-corrected chi connectivity index (χ0v) is 7.11. The minimum Gasteiger partial charge on any atom is -0.290 e. The summed E-state index contributed by atoms with van der Waals surface area (Å²) in [6.07, 6.45) is 4.92. The molecule has 2 rings (SSSR count). The van der Waals surface area contributed by atoms with Crippen LogP contribution in [0.4, 0.5) is 4.39 Å². The van der Waals surface area contributed by atoms with Gasteiger partial charge in [0.25, 0.3) is 0 Å². The SMILES string of the molecule is Cc1ccc(-n2ccnc2)nc1F. The zero-order valence-electron chi connectivity index (χ0n) is 7.11. The van der Waals surface area contributed by atoms with Gasteiger partial charge < -0.3 is 0 Å². The van der Waals surface area contributed by atoms with Crippen LogP contribution in [-0.4, -0.2) is 14.5 Å². The van der Waals surface area contributed by atoms with Gasteiger partial charge in [-0.1, -0.05) is 6.07 Å². The van der Waals surface area contributed by atoms with Gasteiger partial charge in [0.2, 0.25) is 5.95 Å². The summed E-state index contributed by atoms with van der Waals surface area (Å²) in [5.41, 5.74) is 0.545. The Morgan fingerprint density at radius 2 is 2.23 bits per heavy atom. The summed E-state index contributed by atoms with van der Waals surface area (Å²) in [7, 11) is 0. The second-order valence-electron chi connectivity index (χ2n) is 2.75. The first-order valence-corrected chi connectivity index (χ1v) is 3.89. The van der Waals surface area contributed by atoms with Gasteiger partial charge in [-0.3, -0.25) is 4.57 Å². The molecule has 0 N–H and O–H groups in total. The van der Waals surface area contributed by atoms with Crippen molar-refractivity contribution in [1.29, 1.82) is 0 Å². The lowest BCUT2D eigenvalue weighted by Crippen LogP contribution is -1.97. The number of rotatable bonds is 1. The molecule has 4 heteroatoms. The standard InChI is InChI=1S/C9H8FN3/c1-7-2-3-8(12-9(7)10)13-5-4-11-6-13/h2-6H,1H3. The monoisotopic (exact) mass is 177 g/mol. The molecule has 0 aliphatic carbocycles. The summed E-state index contributed by atoms with van der Waals surface area (Å²) >= 11 is 0. The molecule has 2 heterocycles. The fourth-order valence-electron chi connectivity index (χ4n) is 1.03. The van der Waals surface area contributed by atoms with Gasteiger partial charge in [0.1, 0.15) is 12.1 Å². The molecule has 0 spiro atoms. The molecule has 0 bridgehead atoms. The zero-order chi connectivity index (χ0) is 9.26. The highest BCUT2D eigenvalue weighted by Crippen LogP contribution is 2.07. The van der Waals surface area contributed by atoms with Crippen LogP contribution in [0.1, 0.15) is 5.56 Å². The number of nitrogens with zero attached hydrogens (tertiary/aromatic N) is 3. The highest BCUT2D eigenvalue weighted by atomic mass is 19.1. The average molecular weight is 177 g/mol. The Hall–Kier alpha value is -1.71. The number of halogens is 1. The van der Waals surface area contributed by atoms with Crippen molar-refractivity contribution in [2.24, 2.45) is 0 Å². The Morgan fingerprint density at radius 1 is 1.38 bits per heavy atom. The first-order chi connectivity index (χ1) is 6.27. The molecular formula is C9H8FN3. The Balaban J connectivity index is 2.49. The fourth-order valence-corrected chi connectivity index (χ4v) is 1.03. The van der Waals surface area contributed by atoms with E-state index < -0.39 is 5.95 Å². The van der Waals surface area contributed by atoms with Gasteiger partial charge in [0, 0.05) is 18.0 Å². The van der Waals surface area contributed by atoms with Crippen molar-refractivity contribution in [3.8, 4) is 5.82 Å². The third-order valence-electron chi connectivity index (χ3n) is 1.79. The van der Waals surface area contributed by atoms with Gasteiger partial charge in [-0.2, -0.15) is 4.39 Å². The third-order valence-corrected chi connectivity index (χ3v) is 1.79. The predicted octanol–water partition coefficient (Wildman–Crippen LogP) is 1.71. The van der Waals surface area contributed by atoms with Crippen molar-refractivity contribution in [3.05, 3.63) is 42.4 Å². The maximum atomic E-state index is 13.0. The summed E-state index contributed by atoms with van der Waals surface area (Å²) in [6.45, 7) is 1.68. The van der Waals surface area contributed by atoms with Gasteiger partial charge in [0.15, 0.2) is 0 Å². The number of hydrogen-bond acceptors (Lipinski definition) is 2. The average Bonchev–Trinajstić information content (AvgIpc) is 2.62. The first kappa shape index (κ1) is 7.91. The number of pyridine rings is 1. The second kappa shape index (κ2) is 2.97. The van der Waals surface area contributed by atoms with Crippen molar-refractivity contribution in [3.63, 3.8) is 0 Å². The lowest BCUT2D eigenvalue weighted by Gasteiger charge is -2.01. The summed E-state index contributed by atoms with van der Waals surface area (Å²) in [4.78, 5) is 7.62. The summed E-state index contributed by atoms with van der Waals surface area (Å²) in [5, 5.41) is 0.